The van der Waals surface area contributed by atoms with Crippen LogP contribution in [0.4, 0.5) is 0 Å². The molecule has 1 aromatic heterocycles. The smallest absolute Gasteiger partial charge is 0.252 e. The number of carbonyl (C=O) groups is 2. The molecule has 0 fully saturated rings. The summed E-state index contributed by atoms with van der Waals surface area (Å²) < 4.78 is 5.14. The van der Waals surface area contributed by atoms with Crippen LogP contribution in [0.3, 0.4) is 0 Å². The van der Waals surface area contributed by atoms with Gasteiger partial charge in [0.2, 0.25) is 5.91 Å². The molecule has 0 saturated heterocycles. The molecule has 21 heavy (non-hydrogen) atoms. The van der Waals surface area contributed by atoms with Crippen LogP contribution in [-0.2, 0) is 11.3 Å². The molecule has 6 heteroatoms. The molecule has 0 saturated carbocycles. The third kappa shape index (κ3) is 4.39. The average Bonchev–Trinajstić information content (AvgIpc) is 3.04. The Balaban J connectivity index is 1.88. The van der Waals surface area contributed by atoms with Gasteiger partial charge in [0, 0.05) is 11.9 Å². The van der Waals surface area contributed by atoms with Gasteiger partial charge in [0.05, 0.1) is 24.1 Å². The molecule has 1 heterocycles. The first-order valence-electron chi connectivity index (χ1n) is 6.43. The van der Waals surface area contributed by atoms with Crippen LogP contribution >= 0.6 is 11.8 Å². The Morgan fingerprint density at radius 3 is 2.71 bits per heavy atom. The summed E-state index contributed by atoms with van der Waals surface area (Å²) in [5.74, 6) is 0.686. The van der Waals surface area contributed by atoms with Crippen molar-refractivity contribution in [3.05, 3.63) is 54.0 Å². The number of hydrogen-bond donors (Lipinski definition) is 2. The first kappa shape index (κ1) is 15.2. The van der Waals surface area contributed by atoms with Crippen molar-refractivity contribution in [3.63, 3.8) is 0 Å². The molecule has 2 rings (SSSR count). The van der Waals surface area contributed by atoms with Gasteiger partial charge < -0.3 is 15.1 Å². The van der Waals surface area contributed by atoms with Crippen molar-refractivity contribution in [1.29, 1.82) is 0 Å². The van der Waals surface area contributed by atoms with Crippen molar-refractivity contribution in [1.82, 2.24) is 10.6 Å². The molecule has 0 aliphatic heterocycles. The topological polar surface area (TPSA) is 71.3 Å². The highest BCUT2D eigenvalue weighted by atomic mass is 32.2. The summed E-state index contributed by atoms with van der Waals surface area (Å²) in [6.07, 6.45) is 1.57. The Labute approximate surface area is 127 Å². The molecule has 0 radical (unpaired) electrons. The van der Waals surface area contributed by atoms with Gasteiger partial charge in [0.1, 0.15) is 5.76 Å². The molecular weight excluding hydrogens is 288 g/mol. The molecule has 0 bridgehead atoms. The maximum absolute atomic E-state index is 11.8. The van der Waals surface area contributed by atoms with Crippen molar-refractivity contribution in [2.75, 3.05) is 12.8 Å². The van der Waals surface area contributed by atoms with Crippen molar-refractivity contribution >= 4 is 23.6 Å². The molecule has 0 atom stereocenters. The second-order valence-corrected chi connectivity index (χ2v) is 5.24. The van der Waals surface area contributed by atoms with Gasteiger partial charge >= 0.3 is 0 Å². The van der Waals surface area contributed by atoms with Crippen LogP contribution in [0, 0.1) is 0 Å². The van der Waals surface area contributed by atoms with Crippen LogP contribution in [0.2, 0.25) is 0 Å². The van der Waals surface area contributed by atoms with Crippen LogP contribution in [0.5, 0.6) is 0 Å². The summed E-state index contributed by atoms with van der Waals surface area (Å²) in [6.45, 7) is 0.365. The summed E-state index contributed by atoms with van der Waals surface area (Å²) in [7, 11) is 1.58. The van der Waals surface area contributed by atoms with Crippen molar-refractivity contribution in [3.8, 4) is 0 Å². The maximum atomic E-state index is 11.8. The lowest BCUT2D eigenvalue weighted by molar-refractivity contribution is -0.118. The minimum Gasteiger partial charge on any atom is -0.467 e. The zero-order chi connectivity index (χ0) is 15.1. The lowest BCUT2D eigenvalue weighted by atomic mass is 10.2. The number of furan rings is 1. The monoisotopic (exact) mass is 304 g/mol. The minimum absolute atomic E-state index is 0.108. The van der Waals surface area contributed by atoms with E-state index in [0.29, 0.717) is 17.9 Å². The predicted molar refractivity (Wildman–Crippen MR) is 81.1 cm³/mol. The number of hydrogen-bond acceptors (Lipinski definition) is 4. The molecular formula is C15H16N2O3S. The lowest BCUT2D eigenvalue weighted by Gasteiger charge is -2.08. The van der Waals surface area contributed by atoms with E-state index in [1.807, 2.05) is 12.1 Å². The van der Waals surface area contributed by atoms with Crippen LogP contribution in [0.1, 0.15) is 16.1 Å². The predicted octanol–water partition coefficient (Wildman–Crippen LogP) is 2.05. The minimum atomic E-state index is -0.158. The number of benzene rings is 1. The molecule has 0 unspecified atom stereocenters. The highest BCUT2D eigenvalue weighted by Gasteiger charge is 2.11. The maximum Gasteiger partial charge on any atom is 0.252 e. The van der Waals surface area contributed by atoms with E-state index < -0.39 is 0 Å². The van der Waals surface area contributed by atoms with E-state index in [2.05, 4.69) is 10.6 Å². The summed E-state index contributed by atoms with van der Waals surface area (Å²) in [5.41, 5.74) is 0.573. The SMILES string of the molecule is CNC(=O)c1ccccc1SCC(=O)NCc1ccco1. The van der Waals surface area contributed by atoms with Crippen LogP contribution < -0.4 is 10.6 Å². The zero-order valence-corrected chi connectivity index (χ0v) is 12.4. The van der Waals surface area contributed by atoms with Gasteiger partial charge in [-0.2, -0.15) is 0 Å². The highest BCUT2D eigenvalue weighted by Crippen LogP contribution is 2.22. The summed E-state index contributed by atoms with van der Waals surface area (Å²) >= 11 is 1.33. The van der Waals surface area contributed by atoms with Crippen molar-refractivity contribution < 1.29 is 14.0 Å². The molecule has 2 amide bonds. The Morgan fingerprint density at radius 2 is 2.00 bits per heavy atom. The van der Waals surface area contributed by atoms with Gasteiger partial charge in [-0.05, 0) is 24.3 Å². The van der Waals surface area contributed by atoms with E-state index in [0.717, 1.165) is 4.90 Å². The summed E-state index contributed by atoms with van der Waals surface area (Å²) in [4.78, 5) is 24.3. The third-order valence-corrected chi connectivity index (χ3v) is 3.83. The van der Waals surface area contributed by atoms with Gasteiger partial charge in [-0.3, -0.25) is 9.59 Å². The molecule has 1 aromatic carbocycles. The number of carbonyl (C=O) groups excluding carboxylic acids is 2. The number of nitrogens with one attached hydrogen (secondary N) is 2. The second kappa shape index (κ2) is 7.54. The number of rotatable bonds is 6. The highest BCUT2D eigenvalue weighted by molar-refractivity contribution is 8.00. The number of thioether (sulfide) groups is 1. The fourth-order valence-electron chi connectivity index (χ4n) is 1.71. The zero-order valence-electron chi connectivity index (χ0n) is 11.6. The molecule has 0 aliphatic carbocycles. The normalized spacial score (nSPS) is 10.1. The third-order valence-electron chi connectivity index (χ3n) is 2.76. The Hall–Kier alpha value is -2.21. The van der Waals surface area contributed by atoms with Gasteiger partial charge in [0.25, 0.3) is 5.91 Å². The average molecular weight is 304 g/mol. The molecule has 0 aliphatic rings. The van der Waals surface area contributed by atoms with Gasteiger partial charge in [-0.25, -0.2) is 0 Å². The van der Waals surface area contributed by atoms with E-state index >= 15 is 0 Å². The quantitative estimate of drug-likeness (QED) is 0.801. The summed E-state index contributed by atoms with van der Waals surface area (Å²) in [5, 5.41) is 5.35. The van der Waals surface area contributed by atoms with E-state index in [1.54, 1.807) is 37.6 Å². The fourth-order valence-corrected chi connectivity index (χ4v) is 2.59. The second-order valence-electron chi connectivity index (χ2n) is 4.22. The molecule has 0 spiro atoms. The van der Waals surface area contributed by atoms with Crippen molar-refractivity contribution in [2.45, 2.75) is 11.4 Å². The largest absolute Gasteiger partial charge is 0.467 e. The summed E-state index contributed by atoms with van der Waals surface area (Å²) in [6, 6.07) is 10.8. The molecule has 2 aromatic rings. The Bertz CT molecular complexity index is 611. The van der Waals surface area contributed by atoms with Crippen LogP contribution in [0.25, 0.3) is 0 Å². The van der Waals surface area contributed by atoms with Gasteiger partial charge in [-0.15, -0.1) is 11.8 Å². The van der Waals surface area contributed by atoms with Crippen LogP contribution in [-0.4, -0.2) is 24.6 Å². The molecule has 5 nitrogen and oxygen atoms in total. The van der Waals surface area contributed by atoms with E-state index in [1.165, 1.54) is 11.8 Å². The standard InChI is InChI=1S/C15H16N2O3S/c1-16-15(19)12-6-2-3-7-13(12)21-10-14(18)17-9-11-5-4-8-20-11/h2-8H,9-10H2,1H3,(H,16,19)(H,17,18). The van der Waals surface area contributed by atoms with Gasteiger partial charge in [-0.1, -0.05) is 12.1 Å². The van der Waals surface area contributed by atoms with Gasteiger partial charge in [0.15, 0.2) is 0 Å². The van der Waals surface area contributed by atoms with Crippen molar-refractivity contribution in [2.24, 2.45) is 0 Å². The first-order valence-corrected chi connectivity index (χ1v) is 7.42. The molecule has 110 valence electrons. The Morgan fingerprint density at radius 1 is 1.19 bits per heavy atom. The van der Waals surface area contributed by atoms with Crippen LogP contribution in [0.15, 0.2) is 52.0 Å². The fraction of sp³-hybridized carbons (Fsp3) is 0.200. The number of amides is 2. The van der Waals surface area contributed by atoms with E-state index in [9.17, 15) is 9.59 Å². The Kier molecular flexibility index (Phi) is 5.45. The van der Waals surface area contributed by atoms with E-state index in [4.69, 9.17) is 4.42 Å². The van der Waals surface area contributed by atoms with E-state index in [-0.39, 0.29) is 17.6 Å². The lowest BCUT2D eigenvalue weighted by Crippen LogP contribution is -2.24. The molecule has 2 N–H and O–H groups in total. The first-order chi connectivity index (χ1) is 10.2.